The Hall–Kier alpha value is -3.53. The van der Waals surface area contributed by atoms with Crippen LogP contribution in [0.1, 0.15) is 57.6 Å². The molecule has 2 aromatic rings. The van der Waals surface area contributed by atoms with Crippen molar-refractivity contribution < 1.29 is 27.5 Å². The lowest BCUT2D eigenvalue weighted by Crippen LogP contribution is -2.54. The van der Waals surface area contributed by atoms with Gasteiger partial charge < -0.3 is 19.7 Å². The smallest absolute Gasteiger partial charge is 0.408 e. The Morgan fingerprint density at radius 3 is 2.46 bits per heavy atom. The molecule has 0 bridgehead atoms. The molecule has 3 aliphatic rings. The fraction of sp³-hybridized carbons (Fsp3) is 0.484. The maximum atomic E-state index is 14.0. The Bertz CT molecular complexity index is 1450. The first-order chi connectivity index (χ1) is 19.3. The first kappa shape index (κ1) is 29.0. The second-order valence-corrected chi connectivity index (χ2v) is 14.1. The van der Waals surface area contributed by atoms with Crippen molar-refractivity contribution in [1.29, 1.82) is 0 Å². The van der Waals surface area contributed by atoms with Crippen molar-refractivity contribution in [3.05, 3.63) is 65.2 Å². The topological polar surface area (TPSA) is 105 Å². The van der Waals surface area contributed by atoms with Gasteiger partial charge in [-0.15, -0.1) is 0 Å². The minimum Gasteiger partial charge on any atom is -0.493 e. The molecular weight excluding hydrogens is 542 g/mol. The van der Waals surface area contributed by atoms with E-state index in [4.69, 9.17) is 9.47 Å². The first-order valence-electron chi connectivity index (χ1n) is 14.1. The second kappa shape index (κ2) is 11.0. The van der Waals surface area contributed by atoms with Gasteiger partial charge in [-0.05, 0) is 57.7 Å². The highest BCUT2D eigenvalue weighted by Crippen LogP contribution is 2.47. The highest BCUT2D eigenvalue weighted by molar-refractivity contribution is 7.92. The van der Waals surface area contributed by atoms with Crippen LogP contribution in [-0.2, 0) is 25.0 Å². The number of benzene rings is 2. The average Bonchev–Trinajstić information content (AvgIpc) is 3.08. The molecule has 1 spiro atoms. The van der Waals surface area contributed by atoms with E-state index in [2.05, 4.69) is 5.32 Å². The summed E-state index contributed by atoms with van der Waals surface area (Å²) < 4.78 is 38.0. The molecule has 0 saturated carbocycles. The fourth-order valence-electron chi connectivity index (χ4n) is 6.07. The number of carbonyl (C=O) groups excluding carboxylic acids is 2. The number of carbonyl (C=O) groups is 2. The van der Waals surface area contributed by atoms with Crippen molar-refractivity contribution in [1.82, 2.24) is 10.2 Å². The quantitative estimate of drug-likeness (QED) is 0.559. The molecule has 5 rings (SSSR count). The number of nitrogens with zero attached hydrogens (tertiary/aromatic N) is 2. The number of nitrogens with one attached hydrogen (secondary N) is 1. The number of ether oxygens (including phenoxy) is 2. The predicted octanol–water partition coefficient (Wildman–Crippen LogP) is 4.48. The van der Waals surface area contributed by atoms with Crippen LogP contribution in [0.2, 0.25) is 0 Å². The van der Waals surface area contributed by atoms with Crippen molar-refractivity contribution in [3.8, 4) is 5.75 Å². The molecule has 10 heteroatoms. The Morgan fingerprint density at radius 2 is 1.76 bits per heavy atom. The van der Waals surface area contributed by atoms with Crippen molar-refractivity contribution in [2.75, 3.05) is 36.8 Å². The molecule has 1 saturated heterocycles. The Morgan fingerprint density at radius 1 is 1.07 bits per heavy atom. The minimum absolute atomic E-state index is 0.170. The lowest BCUT2D eigenvalue weighted by atomic mass is 9.74. The zero-order valence-electron chi connectivity index (χ0n) is 24.2. The van der Waals surface area contributed by atoms with Crippen LogP contribution in [0.15, 0.2) is 54.1 Å². The van der Waals surface area contributed by atoms with Gasteiger partial charge in [0.15, 0.2) is 0 Å². The van der Waals surface area contributed by atoms with E-state index in [1.807, 2.05) is 54.6 Å². The number of fused-ring (bicyclic) bond motifs is 3. The SMILES string of the molecule is CC(C)(C)OC(=O)NC(CC1=Cc2ccccc2OCC1)C(=O)N1CCC2(CC1)CN(S(C)(=O)=O)c1ccccc12. The summed E-state index contributed by atoms with van der Waals surface area (Å²) in [5, 5.41) is 2.84. The second-order valence-electron chi connectivity index (χ2n) is 12.2. The standard InChI is InChI=1S/C31H39N3O6S/c1-30(2,3)40-29(36)32-25(20-22-13-18-39-27-12-8-5-9-23(27)19-22)28(35)33-16-14-31(15-17-33)21-34(41(4,37)38)26-11-7-6-10-24(26)31/h5-12,19,25H,13-18,20-21H2,1-4H3,(H,32,36). The zero-order chi connectivity index (χ0) is 29.4. The molecule has 0 aliphatic carbocycles. The predicted molar refractivity (Wildman–Crippen MR) is 158 cm³/mol. The van der Waals surface area contributed by atoms with E-state index in [0.29, 0.717) is 51.9 Å². The van der Waals surface area contributed by atoms with Crippen LogP contribution in [0, 0.1) is 0 Å². The van der Waals surface area contributed by atoms with Gasteiger partial charge in [0.1, 0.15) is 17.4 Å². The average molecular weight is 582 g/mol. The molecular formula is C31H39N3O6S. The van der Waals surface area contributed by atoms with E-state index in [1.165, 1.54) is 10.6 Å². The molecule has 41 heavy (non-hydrogen) atoms. The van der Waals surface area contributed by atoms with Crippen LogP contribution in [0.3, 0.4) is 0 Å². The third kappa shape index (κ3) is 6.37. The molecule has 0 aromatic heterocycles. The number of hydrogen-bond donors (Lipinski definition) is 1. The van der Waals surface area contributed by atoms with Crippen LogP contribution < -0.4 is 14.4 Å². The van der Waals surface area contributed by atoms with E-state index < -0.39 is 27.8 Å². The Labute approximate surface area is 242 Å². The number of alkyl carbamates (subject to hydrolysis) is 1. The van der Waals surface area contributed by atoms with Crippen molar-refractivity contribution in [2.45, 2.75) is 63.5 Å². The zero-order valence-corrected chi connectivity index (χ0v) is 25.0. The third-order valence-electron chi connectivity index (χ3n) is 8.04. The van der Waals surface area contributed by atoms with Gasteiger partial charge in [0.2, 0.25) is 15.9 Å². The number of anilines is 1. The molecule has 1 N–H and O–H groups in total. The maximum absolute atomic E-state index is 14.0. The minimum atomic E-state index is -3.43. The largest absolute Gasteiger partial charge is 0.493 e. The number of likely N-dealkylation sites (tertiary alicyclic amines) is 1. The fourth-order valence-corrected chi connectivity index (χ4v) is 7.07. The van der Waals surface area contributed by atoms with Crippen LogP contribution in [0.4, 0.5) is 10.5 Å². The van der Waals surface area contributed by atoms with E-state index in [9.17, 15) is 18.0 Å². The summed E-state index contributed by atoms with van der Waals surface area (Å²) in [7, 11) is -3.43. The van der Waals surface area contributed by atoms with Gasteiger partial charge in [-0.3, -0.25) is 9.10 Å². The number of para-hydroxylation sites is 2. The van der Waals surface area contributed by atoms with Crippen LogP contribution >= 0.6 is 0 Å². The van der Waals surface area contributed by atoms with Crippen molar-refractivity contribution >= 4 is 33.8 Å². The molecule has 1 fully saturated rings. The molecule has 2 amide bonds. The van der Waals surface area contributed by atoms with Gasteiger partial charge in [-0.1, -0.05) is 48.0 Å². The molecule has 9 nitrogen and oxygen atoms in total. The van der Waals surface area contributed by atoms with E-state index >= 15 is 0 Å². The molecule has 1 atom stereocenters. The molecule has 3 aliphatic heterocycles. The molecule has 1 unspecified atom stereocenters. The molecule has 3 heterocycles. The van der Waals surface area contributed by atoms with Gasteiger partial charge in [-0.2, -0.15) is 0 Å². The van der Waals surface area contributed by atoms with Gasteiger partial charge in [0.05, 0.1) is 18.6 Å². The first-order valence-corrected chi connectivity index (χ1v) is 16.0. The van der Waals surface area contributed by atoms with Crippen LogP contribution in [-0.4, -0.2) is 69.5 Å². The Kier molecular flexibility index (Phi) is 7.80. The van der Waals surface area contributed by atoms with Crippen LogP contribution in [0.5, 0.6) is 5.75 Å². The van der Waals surface area contributed by atoms with E-state index in [0.717, 1.165) is 28.1 Å². The maximum Gasteiger partial charge on any atom is 0.408 e. The third-order valence-corrected chi connectivity index (χ3v) is 9.16. The van der Waals surface area contributed by atoms with E-state index in [-0.39, 0.29) is 11.3 Å². The number of amides is 2. The molecule has 2 aromatic carbocycles. The summed E-state index contributed by atoms with van der Waals surface area (Å²) in [6, 6.07) is 14.6. The number of hydrogen-bond acceptors (Lipinski definition) is 6. The van der Waals surface area contributed by atoms with Crippen molar-refractivity contribution in [2.24, 2.45) is 0 Å². The summed E-state index contributed by atoms with van der Waals surface area (Å²) in [4.78, 5) is 28.6. The molecule has 0 radical (unpaired) electrons. The number of piperidine rings is 1. The summed E-state index contributed by atoms with van der Waals surface area (Å²) in [6.45, 7) is 7.14. The summed E-state index contributed by atoms with van der Waals surface area (Å²) in [6.07, 6.45) is 4.87. The lowest BCUT2D eigenvalue weighted by molar-refractivity contribution is -0.135. The van der Waals surface area contributed by atoms with Gasteiger partial charge in [0.25, 0.3) is 0 Å². The lowest BCUT2D eigenvalue weighted by Gasteiger charge is -2.41. The summed E-state index contributed by atoms with van der Waals surface area (Å²) >= 11 is 0. The van der Waals surface area contributed by atoms with Gasteiger partial charge in [-0.25, -0.2) is 13.2 Å². The number of rotatable bonds is 5. The van der Waals surface area contributed by atoms with Crippen LogP contribution in [0.25, 0.3) is 6.08 Å². The normalized spacial score (nSPS) is 18.9. The van der Waals surface area contributed by atoms with Gasteiger partial charge >= 0.3 is 6.09 Å². The monoisotopic (exact) mass is 581 g/mol. The summed E-state index contributed by atoms with van der Waals surface area (Å²) in [5.74, 6) is 0.628. The summed E-state index contributed by atoms with van der Waals surface area (Å²) in [5.41, 5.74) is 2.63. The van der Waals surface area contributed by atoms with Gasteiger partial charge in [0, 0.05) is 37.0 Å². The highest BCUT2D eigenvalue weighted by atomic mass is 32.2. The van der Waals surface area contributed by atoms with E-state index in [1.54, 1.807) is 25.7 Å². The van der Waals surface area contributed by atoms with Crippen molar-refractivity contribution in [3.63, 3.8) is 0 Å². The number of sulfonamides is 1. The highest BCUT2D eigenvalue weighted by Gasteiger charge is 2.48. The molecule has 220 valence electrons. The Balaban J connectivity index is 1.35.